The molecule has 0 atom stereocenters. The molecule has 2 aromatic rings. The number of aromatic amines is 1. The van der Waals surface area contributed by atoms with E-state index in [0.29, 0.717) is 18.1 Å². The summed E-state index contributed by atoms with van der Waals surface area (Å²) in [6.07, 6.45) is 1.06. The molecular weight excluding hydrogens is 350 g/mol. The van der Waals surface area contributed by atoms with Gasteiger partial charge in [-0.2, -0.15) is 0 Å². The van der Waals surface area contributed by atoms with E-state index in [0.717, 1.165) is 28.0 Å². The van der Waals surface area contributed by atoms with Gasteiger partial charge in [0, 0.05) is 22.0 Å². The minimum Gasteiger partial charge on any atom is -0.311 e. The van der Waals surface area contributed by atoms with Crippen molar-refractivity contribution in [2.75, 3.05) is 6.54 Å². The van der Waals surface area contributed by atoms with Crippen molar-refractivity contribution in [1.82, 2.24) is 15.3 Å². The van der Waals surface area contributed by atoms with Crippen molar-refractivity contribution < 1.29 is 0 Å². The molecule has 2 rings (SSSR count). The number of hydrogen-bond donors (Lipinski definition) is 2. The van der Waals surface area contributed by atoms with E-state index in [1.54, 1.807) is 17.8 Å². The van der Waals surface area contributed by atoms with E-state index >= 15 is 0 Å². The fraction of sp³-hybridized carbons (Fsp3) is 0.333. The SMILES string of the molecule is CCCNCc1cc(=O)[nH]c(CSc2cccc(Br)c2)n1. The molecule has 0 spiro atoms. The lowest BCUT2D eigenvalue weighted by Gasteiger charge is -2.06. The van der Waals surface area contributed by atoms with Gasteiger partial charge in [-0.15, -0.1) is 11.8 Å². The van der Waals surface area contributed by atoms with E-state index in [1.165, 1.54) is 0 Å². The molecule has 0 bridgehead atoms. The van der Waals surface area contributed by atoms with Crippen LogP contribution < -0.4 is 10.9 Å². The van der Waals surface area contributed by atoms with Crippen LogP contribution in [-0.2, 0) is 12.3 Å². The number of benzene rings is 1. The summed E-state index contributed by atoms with van der Waals surface area (Å²) in [5.74, 6) is 1.36. The van der Waals surface area contributed by atoms with Gasteiger partial charge in [0.25, 0.3) is 5.56 Å². The summed E-state index contributed by atoms with van der Waals surface area (Å²) in [5.41, 5.74) is 0.695. The highest BCUT2D eigenvalue weighted by atomic mass is 79.9. The Bertz CT molecular complexity index is 645. The predicted octanol–water partition coefficient (Wildman–Crippen LogP) is 3.32. The zero-order valence-electron chi connectivity index (χ0n) is 11.9. The fourth-order valence-electron chi connectivity index (χ4n) is 1.82. The van der Waals surface area contributed by atoms with Gasteiger partial charge in [-0.05, 0) is 31.2 Å². The van der Waals surface area contributed by atoms with Crippen molar-refractivity contribution in [3.63, 3.8) is 0 Å². The summed E-state index contributed by atoms with van der Waals surface area (Å²) in [4.78, 5) is 20.1. The number of rotatable bonds is 7. The topological polar surface area (TPSA) is 57.8 Å². The highest BCUT2D eigenvalue weighted by Gasteiger charge is 2.03. The molecule has 1 aromatic carbocycles. The molecule has 4 nitrogen and oxygen atoms in total. The average molecular weight is 368 g/mol. The number of thioether (sulfide) groups is 1. The lowest BCUT2D eigenvalue weighted by atomic mass is 10.3. The Morgan fingerprint density at radius 3 is 3.00 bits per heavy atom. The number of aromatic nitrogens is 2. The van der Waals surface area contributed by atoms with Crippen LogP contribution in [-0.4, -0.2) is 16.5 Å². The Balaban J connectivity index is 2.00. The predicted molar refractivity (Wildman–Crippen MR) is 90.6 cm³/mol. The molecule has 1 aromatic heterocycles. The Hall–Kier alpha value is -1.11. The number of halogens is 1. The lowest BCUT2D eigenvalue weighted by molar-refractivity contribution is 0.659. The van der Waals surface area contributed by atoms with Crippen molar-refractivity contribution >= 4 is 27.7 Å². The molecule has 0 radical (unpaired) electrons. The van der Waals surface area contributed by atoms with Gasteiger partial charge in [-0.3, -0.25) is 4.79 Å². The Labute approximate surface area is 136 Å². The van der Waals surface area contributed by atoms with Gasteiger partial charge in [-0.25, -0.2) is 4.98 Å². The van der Waals surface area contributed by atoms with Crippen molar-refractivity contribution in [2.24, 2.45) is 0 Å². The summed E-state index contributed by atoms with van der Waals surface area (Å²) in [5, 5.41) is 3.26. The van der Waals surface area contributed by atoms with Gasteiger partial charge >= 0.3 is 0 Å². The van der Waals surface area contributed by atoms with Gasteiger partial charge in [0.1, 0.15) is 5.82 Å². The van der Waals surface area contributed by atoms with E-state index in [2.05, 4.69) is 44.2 Å². The largest absolute Gasteiger partial charge is 0.311 e. The van der Waals surface area contributed by atoms with E-state index in [1.807, 2.05) is 18.2 Å². The van der Waals surface area contributed by atoms with Crippen LogP contribution in [0.15, 0.2) is 44.5 Å². The van der Waals surface area contributed by atoms with Gasteiger partial charge in [0.15, 0.2) is 0 Å². The summed E-state index contributed by atoms with van der Waals surface area (Å²) in [7, 11) is 0. The van der Waals surface area contributed by atoms with Gasteiger partial charge in [0.05, 0.1) is 11.4 Å². The van der Waals surface area contributed by atoms with Crippen LogP contribution in [0.1, 0.15) is 24.9 Å². The summed E-state index contributed by atoms with van der Waals surface area (Å²) >= 11 is 5.10. The first-order valence-corrected chi connectivity index (χ1v) is 8.63. The van der Waals surface area contributed by atoms with Crippen LogP contribution in [0.4, 0.5) is 0 Å². The van der Waals surface area contributed by atoms with Crippen LogP contribution in [0.25, 0.3) is 0 Å². The normalized spacial score (nSPS) is 10.8. The quantitative estimate of drug-likeness (QED) is 0.582. The minimum absolute atomic E-state index is 0.0943. The summed E-state index contributed by atoms with van der Waals surface area (Å²) in [6, 6.07) is 9.63. The van der Waals surface area contributed by atoms with Crippen LogP contribution in [0.5, 0.6) is 0 Å². The molecule has 1 heterocycles. The standard InChI is InChI=1S/C15H18BrN3OS/c1-2-6-17-9-12-8-15(20)19-14(18-12)10-21-13-5-3-4-11(16)7-13/h3-5,7-8,17H,2,6,9-10H2,1H3,(H,18,19,20). The molecule has 0 amide bonds. The fourth-order valence-corrected chi connectivity index (χ4v) is 3.20. The van der Waals surface area contributed by atoms with E-state index in [4.69, 9.17) is 0 Å². The molecule has 0 aliphatic heterocycles. The molecule has 0 aliphatic carbocycles. The van der Waals surface area contributed by atoms with Crippen LogP contribution in [0.2, 0.25) is 0 Å². The Morgan fingerprint density at radius 1 is 1.38 bits per heavy atom. The smallest absolute Gasteiger partial charge is 0.251 e. The number of H-pyrrole nitrogens is 1. The first-order valence-electron chi connectivity index (χ1n) is 6.85. The van der Waals surface area contributed by atoms with E-state index < -0.39 is 0 Å². The second kappa shape index (κ2) is 8.36. The number of nitrogens with zero attached hydrogens (tertiary/aromatic N) is 1. The molecular formula is C15H18BrN3OS. The maximum atomic E-state index is 11.7. The van der Waals surface area contributed by atoms with Crippen molar-refractivity contribution in [3.05, 3.63) is 56.7 Å². The minimum atomic E-state index is -0.0943. The van der Waals surface area contributed by atoms with Crippen LogP contribution >= 0.6 is 27.7 Å². The molecule has 0 aliphatic rings. The summed E-state index contributed by atoms with van der Waals surface area (Å²) in [6.45, 7) is 3.67. The second-order valence-corrected chi connectivity index (χ2v) is 6.57. The second-order valence-electron chi connectivity index (χ2n) is 4.61. The zero-order chi connectivity index (χ0) is 15.1. The van der Waals surface area contributed by atoms with Crippen molar-refractivity contribution in [1.29, 1.82) is 0 Å². The molecule has 112 valence electrons. The highest BCUT2D eigenvalue weighted by Crippen LogP contribution is 2.24. The van der Waals surface area contributed by atoms with Gasteiger partial charge in [-0.1, -0.05) is 28.9 Å². The van der Waals surface area contributed by atoms with Gasteiger partial charge < -0.3 is 10.3 Å². The zero-order valence-corrected chi connectivity index (χ0v) is 14.3. The third-order valence-corrected chi connectivity index (χ3v) is 4.25. The van der Waals surface area contributed by atoms with E-state index in [-0.39, 0.29) is 5.56 Å². The highest BCUT2D eigenvalue weighted by molar-refractivity contribution is 9.10. The monoisotopic (exact) mass is 367 g/mol. The maximum Gasteiger partial charge on any atom is 0.251 e. The first kappa shape index (κ1) is 16.3. The number of hydrogen-bond acceptors (Lipinski definition) is 4. The molecule has 0 fully saturated rings. The van der Waals surface area contributed by atoms with E-state index in [9.17, 15) is 4.79 Å². The molecule has 0 saturated carbocycles. The van der Waals surface area contributed by atoms with Crippen molar-refractivity contribution in [2.45, 2.75) is 30.5 Å². The molecule has 2 N–H and O–H groups in total. The Kier molecular flexibility index (Phi) is 6.48. The first-order chi connectivity index (χ1) is 10.2. The Morgan fingerprint density at radius 2 is 2.24 bits per heavy atom. The maximum absolute atomic E-state index is 11.7. The number of nitrogens with one attached hydrogen (secondary N) is 2. The van der Waals surface area contributed by atoms with Gasteiger partial charge in [0.2, 0.25) is 0 Å². The molecule has 0 unspecified atom stereocenters. The van der Waals surface area contributed by atoms with Crippen LogP contribution in [0.3, 0.4) is 0 Å². The summed E-state index contributed by atoms with van der Waals surface area (Å²) < 4.78 is 1.05. The average Bonchev–Trinajstić information content (AvgIpc) is 2.45. The van der Waals surface area contributed by atoms with Crippen molar-refractivity contribution in [3.8, 4) is 0 Å². The van der Waals surface area contributed by atoms with Crippen LogP contribution in [0, 0.1) is 0 Å². The molecule has 21 heavy (non-hydrogen) atoms. The third kappa shape index (κ3) is 5.65. The molecule has 0 saturated heterocycles. The lowest BCUT2D eigenvalue weighted by Crippen LogP contribution is -2.19. The third-order valence-electron chi connectivity index (χ3n) is 2.75. The molecule has 6 heteroatoms.